The molecule has 1 fully saturated rings. The van der Waals surface area contributed by atoms with Gasteiger partial charge in [-0.05, 0) is 36.5 Å². The molecule has 1 aromatic rings. The van der Waals surface area contributed by atoms with Crippen LogP contribution in [0, 0.1) is 5.41 Å². The van der Waals surface area contributed by atoms with Crippen molar-refractivity contribution in [2.45, 2.75) is 39.3 Å². The van der Waals surface area contributed by atoms with Crippen LogP contribution in [0.15, 0.2) is 18.2 Å². The lowest BCUT2D eigenvalue weighted by Gasteiger charge is -2.40. The van der Waals surface area contributed by atoms with E-state index in [2.05, 4.69) is 13.8 Å². The highest BCUT2D eigenvalue weighted by Crippen LogP contribution is 2.39. The monoisotopic (exact) mass is 286 g/mol. The highest BCUT2D eigenvalue weighted by molar-refractivity contribution is 5.59. The smallest absolute Gasteiger partial charge is 0.398 e. The topological polar surface area (TPSA) is 29.3 Å². The Labute approximate surface area is 117 Å². The molecule has 1 heterocycles. The number of piperidine rings is 1. The molecule has 0 saturated carbocycles. The summed E-state index contributed by atoms with van der Waals surface area (Å²) in [5, 5.41) is 0. The normalized spacial score (nSPS) is 19.1. The molecule has 0 spiro atoms. The second-order valence-corrected chi connectivity index (χ2v) is 5.92. The molecule has 112 valence electrons. The van der Waals surface area contributed by atoms with Crippen LogP contribution in [0.3, 0.4) is 0 Å². The molecule has 2 rings (SSSR count). The van der Waals surface area contributed by atoms with Gasteiger partial charge in [0.25, 0.3) is 0 Å². The van der Waals surface area contributed by atoms with E-state index in [4.69, 9.17) is 5.73 Å². The first kappa shape index (κ1) is 15.0. The van der Waals surface area contributed by atoms with Crippen molar-refractivity contribution in [2.75, 3.05) is 23.7 Å². The van der Waals surface area contributed by atoms with Crippen molar-refractivity contribution in [2.24, 2.45) is 5.41 Å². The van der Waals surface area contributed by atoms with Crippen molar-refractivity contribution >= 4 is 11.4 Å². The average molecular weight is 286 g/mol. The molecule has 0 bridgehead atoms. The molecule has 1 aliphatic heterocycles. The first-order valence-corrected chi connectivity index (χ1v) is 6.97. The van der Waals surface area contributed by atoms with Crippen molar-refractivity contribution in [3.63, 3.8) is 0 Å². The third kappa shape index (κ3) is 3.02. The van der Waals surface area contributed by atoms with Gasteiger partial charge >= 0.3 is 6.18 Å². The number of hydrogen-bond acceptors (Lipinski definition) is 2. The van der Waals surface area contributed by atoms with Gasteiger partial charge in [-0.2, -0.15) is 13.2 Å². The number of halogens is 3. The van der Waals surface area contributed by atoms with Gasteiger partial charge in [-0.15, -0.1) is 0 Å². The zero-order valence-corrected chi connectivity index (χ0v) is 11.9. The fraction of sp³-hybridized carbons (Fsp3) is 0.600. The number of hydrogen-bond donors (Lipinski definition) is 1. The Hall–Kier alpha value is -1.39. The SMILES string of the molecule is CCC1(C)CCN(c2ccc(N)c(C(F)(F)F)c2)CC1. The maximum absolute atomic E-state index is 12.9. The predicted molar refractivity (Wildman–Crippen MR) is 75.7 cm³/mol. The highest BCUT2D eigenvalue weighted by atomic mass is 19.4. The van der Waals surface area contributed by atoms with E-state index in [9.17, 15) is 13.2 Å². The number of alkyl halides is 3. The van der Waals surface area contributed by atoms with Gasteiger partial charge in [-0.25, -0.2) is 0 Å². The molecule has 0 aromatic heterocycles. The first-order valence-electron chi connectivity index (χ1n) is 6.97. The summed E-state index contributed by atoms with van der Waals surface area (Å²) in [5.41, 5.74) is 5.41. The molecule has 0 radical (unpaired) electrons. The molecule has 5 heteroatoms. The zero-order chi connectivity index (χ0) is 15.0. The van der Waals surface area contributed by atoms with Gasteiger partial charge < -0.3 is 10.6 Å². The Bertz CT molecular complexity index is 474. The second-order valence-electron chi connectivity index (χ2n) is 5.92. The lowest BCUT2D eigenvalue weighted by atomic mass is 9.78. The van der Waals surface area contributed by atoms with E-state index >= 15 is 0 Å². The third-order valence-electron chi connectivity index (χ3n) is 4.53. The largest absolute Gasteiger partial charge is 0.418 e. The van der Waals surface area contributed by atoms with Crippen molar-refractivity contribution in [1.82, 2.24) is 0 Å². The van der Waals surface area contributed by atoms with Gasteiger partial charge in [-0.1, -0.05) is 20.3 Å². The molecule has 0 aliphatic carbocycles. The number of rotatable bonds is 2. The number of nitrogens with zero attached hydrogens (tertiary/aromatic N) is 1. The molecule has 0 unspecified atom stereocenters. The van der Waals surface area contributed by atoms with E-state index in [0.29, 0.717) is 11.1 Å². The Morgan fingerprint density at radius 3 is 2.35 bits per heavy atom. The van der Waals surface area contributed by atoms with Crippen molar-refractivity contribution in [3.8, 4) is 0 Å². The summed E-state index contributed by atoms with van der Waals surface area (Å²) in [4.78, 5) is 2.02. The molecule has 2 N–H and O–H groups in total. The summed E-state index contributed by atoms with van der Waals surface area (Å²) < 4.78 is 38.6. The lowest BCUT2D eigenvalue weighted by molar-refractivity contribution is -0.136. The van der Waals surface area contributed by atoms with E-state index in [-0.39, 0.29) is 5.69 Å². The number of nitrogens with two attached hydrogens (primary N) is 1. The van der Waals surface area contributed by atoms with Gasteiger partial charge in [0.15, 0.2) is 0 Å². The molecule has 20 heavy (non-hydrogen) atoms. The summed E-state index contributed by atoms with van der Waals surface area (Å²) in [6.45, 7) is 6.01. The Kier molecular flexibility index (Phi) is 3.89. The Morgan fingerprint density at radius 2 is 1.85 bits per heavy atom. The molecule has 1 aliphatic rings. The third-order valence-corrected chi connectivity index (χ3v) is 4.53. The van der Waals surface area contributed by atoms with Crippen LogP contribution in [0.5, 0.6) is 0 Å². The minimum atomic E-state index is -4.40. The Morgan fingerprint density at radius 1 is 1.25 bits per heavy atom. The van der Waals surface area contributed by atoms with Crippen LogP contribution in [0.25, 0.3) is 0 Å². The van der Waals surface area contributed by atoms with Crippen LogP contribution in [0.4, 0.5) is 24.5 Å². The minimum Gasteiger partial charge on any atom is -0.398 e. The number of nitrogen functional groups attached to an aromatic ring is 1. The maximum atomic E-state index is 12.9. The molecule has 1 aromatic carbocycles. The molecular weight excluding hydrogens is 265 g/mol. The first-order chi connectivity index (χ1) is 9.25. The van der Waals surface area contributed by atoms with E-state index < -0.39 is 11.7 Å². The average Bonchev–Trinajstić information content (AvgIpc) is 2.39. The molecule has 1 saturated heterocycles. The van der Waals surface area contributed by atoms with Crippen molar-refractivity contribution < 1.29 is 13.2 Å². The number of benzene rings is 1. The van der Waals surface area contributed by atoms with Crippen molar-refractivity contribution in [3.05, 3.63) is 23.8 Å². The Balaban J connectivity index is 2.19. The summed E-state index contributed by atoms with van der Waals surface area (Å²) in [7, 11) is 0. The quantitative estimate of drug-likeness (QED) is 0.821. The summed E-state index contributed by atoms with van der Waals surface area (Å²) >= 11 is 0. The summed E-state index contributed by atoms with van der Waals surface area (Å²) in [5.74, 6) is 0. The second kappa shape index (κ2) is 5.19. The minimum absolute atomic E-state index is 0.211. The summed E-state index contributed by atoms with van der Waals surface area (Å²) in [6, 6.07) is 4.20. The van der Waals surface area contributed by atoms with Crippen LogP contribution in [0.2, 0.25) is 0 Å². The van der Waals surface area contributed by atoms with Crippen LogP contribution >= 0.6 is 0 Å². The van der Waals surface area contributed by atoms with Gasteiger partial charge in [0, 0.05) is 24.5 Å². The van der Waals surface area contributed by atoms with Crippen LogP contribution < -0.4 is 10.6 Å². The van der Waals surface area contributed by atoms with E-state index in [1.807, 2.05) is 4.90 Å². The van der Waals surface area contributed by atoms with Crippen LogP contribution in [-0.2, 0) is 6.18 Å². The molecule has 0 atom stereocenters. The van der Waals surface area contributed by atoms with Crippen LogP contribution in [0.1, 0.15) is 38.7 Å². The fourth-order valence-electron chi connectivity index (χ4n) is 2.64. The van der Waals surface area contributed by atoms with Gasteiger partial charge in [0.05, 0.1) is 5.56 Å². The van der Waals surface area contributed by atoms with E-state index in [1.54, 1.807) is 6.07 Å². The maximum Gasteiger partial charge on any atom is 0.418 e. The van der Waals surface area contributed by atoms with Gasteiger partial charge in [-0.3, -0.25) is 0 Å². The fourth-order valence-corrected chi connectivity index (χ4v) is 2.64. The molecule has 2 nitrogen and oxygen atoms in total. The van der Waals surface area contributed by atoms with E-state index in [1.165, 1.54) is 12.1 Å². The highest BCUT2D eigenvalue weighted by Gasteiger charge is 2.34. The summed E-state index contributed by atoms with van der Waals surface area (Å²) in [6.07, 6.45) is -1.27. The molecule has 0 amide bonds. The van der Waals surface area contributed by atoms with Gasteiger partial charge in [0.1, 0.15) is 0 Å². The van der Waals surface area contributed by atoms with Crippen LogP contribution in [-0.4, -0.2) is 13.1 Å². The zero-order valence-electron chi connectivity index (χ0n) is 11.9. The van der Waals surface area contributed by atoms with Gasteiger partial charge in [0.2, 0.25) is 0 Å². The predicted octanol–water partition coefficient (Wildman–Crippen LogP) is 4.30. The lowest BCUT2D eigenvalue weighted by Crippen LogP contribution is -2.38. The number of anilines is 2. The molecular formula is C15H21F3N2. The van der Waals surface area contributed by atoms with E-state index in [0.717, 1.165) is 32.4 Å². The standard InChI is InChI=1S/C15H21F3N2/c1-3-14(2)6-8-20(9-7-14)11-4-5-13(19)12(10-11)15(16,17)18/h4-5,10H,3,6-9,19H2,1-2H3. The van der Waals surface area contributed by atoms with Crippen molar-refractivity contribution in [1.29, 1.82) is 0 Å².